The summed E-state index contributed by atoms with van der Waals surface area (Å²) in [4.78, 5) is 107. The third-order valence-electron chi connectivity index (χ3n) is 12.8. The molecule has 22 nitrogen and oxygen atoms in total. The molecule has 6 aromatic rings. The number of rotatable bonds is 28. The number of benzene rings is 4. The number of ketones is 2. The van der Waals surface area contributed by atoms with Crippen LogP contribution in [0.2, 0.25) is 0 Å². The molecule has 1 saturated carbocycles. The average Bonchev–Trinajstić information content (AvgIpc) is 3.63. The topological polar surface area (TPSA) is 274 Å². The molecule has 4 atom stereocenters. The normalized spacial score (nSPS) is 18.8. The van der Waals surface area contributed by atoms with Gasteiger partial charge in [0, 0.05) is 12.1 Å². The van der Waals surface area contributed by atoms with E-state index in [0.29, 0.717) is 10.8 Å². The number of carbonyl (C=O) groups is 6. The van der Waals surface area contributed by atoms with Crippen LogP contribution in [-0.2, 0) is 57.0 Å². The van der Waals surface area contributed by atoms with Crippen molar-refractivity contribution >= 4 is 57.4 Å². The number of Topliss-reactive ketones (excluding diaryl/α,β-unsaturated/α-hetero) is 2. The minimum Gasteiger partial charge on any atom is -0.469 e. The SMILES string of the molecule is O=C(OCCOCCOCCOCCOC(=O)C12Oc3ccccc3C(=O)C1C1C(=O)c3ccccc3OC12C(=O)OCCOCCOCCOCCOC(=O)c1cc(=O)c2ccccc2o1)c1cc(=O)c2ccccc2o1. The van der Waals surface area contributed by atoms with Crippen LogP contribution in [0.5, 0.6) is 11.5 Å². The van der Waals surface area contributed by atoms with Gasteiger partial charge in [-0.2, -0.15) is 0 Å². The van der Waals surface area contributed by atoms with Gasteiger partial charge in [0.25, 0.3) is 11.2 Å². The summed E-state index contributed by atoms with van der Waals surface area (Å²) in [6.45, 7) is 0.0247. The third-order valence-corrected chi connectivity index (χ3v) is 12.8. The van der Waals surface area contributed by atoms with Crippen molar-refractivity contribution in [3.8, 4) is 11.5 Å². The molecule has 0 amide bonds. The number of hydrogen-bond acceptors (Lipinski definition) is 22. The zero-order valence-corrected chi connectivity index (χ0v) is 41.8. The van der Waals surface area contributed by atoms with Gasteiger partial charge in [0.1, 0.15) is 49.1 Å². The fraction of sp³-hybridized carbons (Fsp3) is 0.357. The Balaban J connectivity index is 0.709. The molecule has 2 aromatic heterocycles. The van der Waals surface area contributed by atoms with E-state index in [9.17, 15) is 38.4 Å². The molecule has 1 aliphatic carbocycles. The van der Waals surface area contributed by atoms with Crippen molar-refractivity contribution in [1.29, 1.82) is 0 Å². The molecule has 4 unspecified atom stereocenters. The van der Waals surface area contributed by atoms with Gasteiger partial charge in [0.2, 0.25) is 11.5 Å². The Labute approximate surface area is 443 Å². The summed E-state index contributed by atoms with van der Waals surface area (Å²) in [5.74, 6) is -8.77. The molecule has 22 heteroatoms. The van der Waals surface area contributed by atoms with Crippen molar-refractivity contribution < 1.29 is 94.4 Å². The molecule has 0 saturated heterocycles. The molecule has 0 radical (unpaired) electrons. The summed E-state index contributed by atoms with van der Waals surface area (Å²) in [6, 6.07) is 27.5. The lowest BCUT2D eigenvalue weighted by molar-refractivity contribution is -0.262. The molecule has 3 aliphatic rings. The van der Waals surface area contributed by atoms with Gasteiger partial charge in [-0.1, -0.05) is 48.5 Å². The molecule has 4 aromatic carbocycles. The number of carbonyl (C=O) groups excluding carboxylic acids is 6. The molecule has 2 aliphatic heterocycles. The van der Waals surface area contributed by atoms with E-state index in [0.717, 1.165) is 12.1 Å². The molecule has 9 rings (SSSR count). The van der Waals surface area contributed by atoms with E-state index >= 15 is 0 Å². The maximum Gasteiger partial charge on any atom is 0.374 e. The lowest BCUT2D eigenvalue weighted by atomic mass is 9.45. The summed E-state index contributed by atoms with van der Waals surface area (Å²) >= 11 is 0. The van der Waals surface area contributed by atoms with Gasteiger partial charge in [-0.15, -0.1) is 0 Å². The largest absolute Gasteiger partial charge is 0.469 e. The van der Waals surface area contributed by atoms with Crippen LogP contribution < -0.4 is 20.3 Å². The van der Waals surface area contributed by atoms with Crippen molar-refractivity contribution in [2.75, 3.05) is 106 Å². The van der Waals surface area contributed by atoms with Crippen LogP contribution in [0.3, 0.4) is 0 Å². The Morgan fingerprint density at radius 3 is 1.06 bits per heavy atom. The van der Waals surface area contributed by atoms with Crippen molar-refractivity contribution in [2.24, 2.45) is 11.8 Å². The van der Waals surface area contributed by atoms with Gasteiger partial charge >= 0.3 is 23.9 Å². The predicted molar refractivity (Wildman–Crippen MR) is 268 cm³/mol. The highest BCUT2D eigenvalue weighted by molar-refractivity contribution is 6.19. The highest BCUT2D eigenvalue weighted by Gasteiger charge is 2.90. The molecular formula is C56H52O22. The van der Waals surface area contributed by atoms with Crippen molar-refractivity contribution in [3.63, 3.8) is 0 Å². The highest BCUT2D eigenvalue weighted by atomic mass is 16.6. The first-order valence-electron chi connectivity index (χ1n) is 24.9. The summed E-state index contributed by atoms with van der Waals surface area (Å²) in [5, 5.41) is 0.695. The monoisotopic (exact) mass is 1080 g/mol. The van der Waals surface area contributed by atoms with Crippen molar-refractivity contribution in [3.05, 3.63) is 152 Å². The molecule has 0 bridgehead atoms. The second kappa shape index (κ2) is 25.4. The Bertz CT molecular complexity index is 3070. The second-order valence-electron chi connectivity index (χ2n) is 17.5. The molecular weight excluding hydrogens is 1020 g/mol. The Kier molecular flexibility index (Phi) is 17.8. The molecule has 1 fully saturated rings. The molecule has 78 heavy (non-hydrogen) atoms. The quantitative estimate of drug-likeness (QED) is 0.0375. The maximum atomic E-state index is 14.6. The van der Waals surface area contributed by atoms with Crippen LogP contribution in [0.25, 0.3) is 21.9 Å². The first-order valence-corrected chi connectivity index (χ1v) is 24.9. The molecule has 408 valence electrons. The fourth-order valence-corrected chi connectivity index (χ4v) is 9.25. The van der Waals surface area contributed by atoms with E-state index in [2.05, 4.69) is 0 Å². The highest BCUT2D eigenvalue weighted by Crippen LogP contribution is 2.64. The van der Waals surface area contributed by atoms with Gasteiger partial charge in [0.15, 0.2) is 22.4 Å². The number of fused-ring (bicyclic) bond motifs is 8. The number of ether oxygens (including phenoxy) is 12. The van der Waals surface area contributed by atoms with E-state index in [1.54, 1.807) is 72.8 Å². The van der Waals surface area contributed by atoms with Gasteiger partial charge < -0.3 is 65.7 Å². The minimum absolute atomic E-state index is 0.0316. The van der Waals surface area contributed by atoms with Crippen LogP contribution >= 0.6 is 0 Å². The zero-order valence-electron chi connectivity index (χ0n) is 41.8. The van der Waals surface area contributed by atoms with E-state index in [1.165, 1.54) is 24.3 Å². The van der Waals surface area contributed by atoms with E-state index in [4.69, 9.17) is 65.7 Å². The van der Waals surface area contributed by atoms with Crippen LogP contribution in [0.1, 0.15) is 41.8 Å². The van der Waals surface area contributed by atoms with Gasteiger partial charge in [0.05, 0.1) is 113 Å². The number of para-hydroxylation sites is 4. The summed E-state index contributed by atoms with van der Waals surface area (Å²) in [7, 11) is 0. The van der Waals surface area contributed by atoms with E-state index in [-0.39, 0.29) is 162 Å². The van der Waals surface area contributed by atoms with Crippen LogP contribution in [0.4, 0.5) is 0 Å². The Morgan fingerprint density at radius 1 is 0.385 bits per heavy atom. The van der Waals surface area contributed by atoms with Crippen LogP contribution in [0.15, 0.2) is 128 Å². The van der Waals surface area contributed by atoms with Crippen molar-refractivity contribution in [1.82, 2.24) is 0 Å². The number of esters is 4. The lowest BCUT2D eigenvalue weighted by Gasteiger charge is -2.64. The summed E-state index contributed by atoms with van der Waals surface area (Å²) in [6.07, 6.45) is 0. The minimum atomic E-state index is -2.51. The standard InChI is InChI=1S/C56H52O22/c57-39-33-45(75-41-13-5-1-9-35(39)41)51(61)71-29-25-67-21-17-65-19-23-69-27-31-73-53(63)55-47(49(59)37-11-3-7-15-43(37)77-55)48-50(60)38-12-4-8-16-44(38)78-56(48,55)54(64)74-32-28-70-24-20-66-18-22-68-26-30-72-52(62)46-34-40(58)36-10-2-6-14-42(36)76-46/h1-16,33-34,47-48H,17-32H2. The summed E-state index contributed by atoms with van der Waals surface area (Å²) < 4.78 is 78.6. The van der Waals surface area contributed by atoms with Gasteiger partial charge in [-0.3, -0.25) is 19.2 Å². The van der Waals surface area contributed by atoms with Gasteiger partial charge in [-0.25, -0.2) is 19.2 Å². The second-order valence-corrected chi connectivity index (χ2v) is 17.5. The lowest BCUT2D eigenvalue weighted by Crippen LogP contribution is -2.90. The Morgan fingerprint density at radius 2 is 0.692 bits per heavy atom. The fourth-order valence-electron chi connectivity index (χ4n) is 9.25. The molecule has 4 heterocycles. The third kappa shape index (κ3) is 11.4. The average molecular weight is 1080 g/mol. The molecule has 0 N–H and O–H groups in total. The smallest absolute Gasteiger partial charge is 0.374 e. The van der Waals surface area contributed by atoms with Gasteiger partial charge in [-0.05, 0) is 48.5 Å². The Hall–Kier alpha value is -8.12. The summed E-state index contributed by atoms with van der Waals surface area (Å²) in [5.41, 5.74) is -5.01. The van der Waals surface area contributed by atoms with Crippen LogP contribution in [-0.4, -0.2) is 152 Å². The van der Waals surface area contributed by atoms with Crippen molar-refractivity contribution in [2.45, 2.75) is 11.2 Å². The van der Waals surface area contributed by atoms with E-state index < -0.39 is 58.5 Å². The predicted octanol–water partition coefficient (Wildman–Crippen LogP) is 4.37. The molecule has 0 spiro atoms. The first kappa shape index (κ1) is 54.7. The maximum absolute atomic E-state index is 14.6. The van der Waals surface area contributed by atoms with Crippen LogP contribution in [0, 0.1) is 11.8 Å². The number of hydrogen-bond donors (Lipinski definition) is 0. The van der Waals surface area contributed by atoms with E-state index in [1.807, 2.05) is 0 Å². The first-order chi connectivity index (χ1) is 38.0. The zero-order chi connectivity index (χ0) is 54.5.